The molecule has 1 spiro atoms. The fourth-order valence-corrected chi connectivity index (χ4v) is 4.91. The second-order valence-corrected chi connectivity index (χ2v) is 9.16. The zero-order valence-electron chi connectivity index (χ0n) is 20.1. The number of pyridine rings is 1. The third-order valence-electron chi connectivity index (χ3n) is 6.83. The zero-order chi connectivity index (χ0) is 25.1. The molecule has 0 aliphatic carbocycles. The fourth-order valence-electron chi connectivity index (χ4n) is 4.91. The van der Waals surface area contributed by atoms with Crippen molar-refractivity contribution >= 4 is 17.7 Å². The van der Waals surface area contributed by atoms with E-state index in [2.05, 4.69) is 10.3 Å². The van der Waals surface area contributed by atoms with Crippen LogP contribution in [0.4, 0.5) is 0 Å². The lowest BCUT2D eigenvalue weighted by molar-refractivity contribution is -0.128. The molecule has 0 bridgehead atoms. The monoisotopic (exact) mass is 488 g/mol. The van der Waals surface area contributed by atoms with Gasteiger partial charge in [-0.2, -0.15) is 0 Å². The summed E-state index contributed by atoms with van der Waals surface area (Å²) in [7, 11) is 0. The highest BCUT2D eigenvalue weighted by molar-refractivity contribution is 5.98. The molecule has 9 nitrogen and oxygen atoms in total. The Hall–Kier alpha value is -3.98. The van der Waals surface area contributed by atoms with E-state index in [1.54, 1.807) is 40.4 Å². The highest BCUT2D eigenvalue weighted by atomic mass is 16.5. The molecule has 2 aliphatic heterocycles. The minimum atomic E-state index is -0.973. The van der Waals surface area contributed by atoms with Crippen LogP contribution in [0.25, 0.3) is 0 Å². The van der Waals surface area contributed by atoms with Crippen LogP contribution in [-0.2, 0) is 16.1 Å². The molecule has 1 N–H and O–H groups in total. The number of likely N-dealkylation sites (tertiary alicyclic amines) is 1. The van der Waals surface area contributed by atoms with Crippen LogP contribution < -0.4 is 5.32 Å². The molecular formula is C27H28N4O5. The van der Waals surface area contributed by atoms with Gasteiger partial charge in [0.25, 0.3) is 11.8 Å². The molecule has 3 amide bonds. The number of piperidine rings is 1. The average Bonchev–Trinajstić information content (AvgIpc) is 3.57. The Bertz CT molecular complexity index is 1240. The first-order chi connectivity index (χ1) is 17.5. The van der Waals surface area contributed by atoms with Crippen LogP contribution in [0.15, 0.2) is 71.6 Å². The van der Waals surface area contributed by atoms with Crippen molar-refractivity contribution in [2.75, 3.05) is 19.7 Å². The van der Waals surface area contributed by atoms with Gasteiger partial charge in [-0.05, 0) is 48.9 Å². The molecule has 1 unspecified atom stereocenters. The molecule has 2 aromatic heterocycles. The normalized spacial score (nSPS) is 18.9. The van der Waals surface area contributed by atoms with Crippen LogP contribution >= 0.6 is 0 Å². The summed E-state index contributed by atoms with van der Waals surface area (Å²) in [5.41, 5.74) is 1.39. The lowest BCUT2D eigenvalue weighted by atomic mass is 9.96. The van der Waals surface area contributed by atoms with Crippen molar-refractivity contribution in [2.24, 2.45) is 0 Å². The van der Waals surface area contributed by atoms with Gasteiger partial charge in [-0.1, -0.05) is 17.7 Å². The Morgan fingerprint density at radius 3 is 2.53 bits per heavy atom. The quantitative estimate of drug-likeness (QED) is 0.592. The van der Waals surface area contributed by atoms with Crippen molar-refractivity contribution in [1.82, 2.24) is 20.1 Å². The van der Waals surface area contributed by atoms with E-state index >= 15 is 0 Å². The van der Waals surface area contributed by atoms with Crippen LogP contribution in [0.3, 0.4) is 0 Å². The third-order valence-corrected chi connectivity index (χ3v) is 6.83. The van der Waals surface area contributed by atoms with Crippen molar-refractivity contribution in [3.8, 4) is 0 Å². The second-order valence-electron chi connectivity index (χ2n) is 9.16. The lowest BCUT2D eigenvalue weighted by Crippen LogP contribution is -2.59. The van der Waals surface area contributed by atoms with E-state index in [-0.39, 0.29) is 30.1 Å². The second kappa shape index (κ2) is 9.94. The number of furan rings is 1. The Labute approximate surface area is 209 Å². The van der Waals surface area contributed by atoms with Gasteiger partial charge in [0.1, 0.15) is 11.8 Å². The minimum absolute atomic E-state index is 0.0892. The summed E-state index contributed by atoms with van der Waals surface area (Å²) in [6, 6.07) is 13.5. The maximum atomic E-state index is 13.8. The summed E-state index contributed by atoms with van der Waals surface area (Å²) in [4.78, 5) is 47.2. The van der Waals surface area contributed by atoms with Crippen molar-refractivity contribution < 1.29 is 23.5 Å². The number of aromatic nitrogens is 1. The predicted octanol–water partition coefficient (Wildman–Crippen LogP) is 2.77. The fraction of sp³-hybridized carbons (Fsp3) is 0.333. The zero-order valence-corrected chi connectivity index (χ0v) is 20.1. The standard InChI is InChI=1S/C27H28N4O5/c1-19-4-2-5-21(16-19)25(33)31-22(24(32)29-17-20-7-11-28-12-8-20)18-36-27(31)9-13-30(14-10-27)26(34)23-6-3-15-35-23/h2-8,11-12,15-16,22H,9-10,13-14,17-18H2,1H3,(H,29,32). The first kappa shape index (κ1) is 23.7. The molecule has 1 atom stereocenters. The van der Waals surface area contributed by atoms with Crippen molar-refractivity contribution in [1.29, 1.82) is 0 Å². The molecule has 2 aliphatic rings. The number of carbonyl (C=O) groups is 3. The van der Waals surface area contributed by atoms with Gasteiger partial charge in [-0.25, -0.2) is 0 Å². The number of ether oxygens (including phenoxy) is 1. The molecule has 2 fully saturated rings. The molecule has 1 aromatic carbocycles. The molecule has 5 rings (SSSR count). The van der Waals surface area contributed by atoms with Crippen molar-refractivity contribution in [2.45, 2.75) is 38.1 Å². The number of aryl methyl sites for hydroxylation is 1. The maximum absolute atomic E-state index is 13.8. The predicted molar refractivity (Wildman–Crippen MR) is 130 cm³/mol. The van der Waals surface area contributed by atoms with E-state index in [1.165, 1.54) is 6.26 Å². The molecule has 36 heavy (non-hydrogen) atoms. The molecule has 2 saturated heterocycles. The van der Waals surface area contributed by atoms with E-state index < -0.39 is 11.8 Å². The molecule has 0 radical (unpaired) electrons. The largest absolute Gasteiger partial charge is 0.459 e. The first-order valence-corrected chi connectivity index (χ1v) is 12.0. The topological polar surface area (TPSA) is 105 Å². The van der Waals surface area contributed by atoms with E-state index in [9.17, 15) is 14.4 Å². The van der Waals surface area contributed by atoms with Gasteiger partial charge in [-0.3, -0.25) is 24.3 Å². The van der Waals surface area contributed by atoms with Gasteiger partial charge < -0.3 is 19.4 Å². The van der Waals surface area contributed by atoms with Gasteiger partial charge >= 0.3 is 0 Å². The summed E-state index contributed by atoms with van der Waals surface area (Å²) < 4.78 is 11.5. The van der Waals surface area contributed by atoms with Gasteiger partial charge in [0.05, 0.1) is 12.9 Å². The maximum Gasteiger partial charge on any atom is 0.289 e. The Balaban J connectivity index is 1.37. The Morgan fingerprint density at radius 1 is 1.06 bits per heavy atom. The molecule has 9 heteroatoms. The summed E-state index contributed by atoms with van der Waals surface area (Å²) in [5, 5.41) is 2.94. The number of nitrogens with one attached hydrogen (secondary N) is 1. The lowest BCUT2D eigenvalue weighted by Gasteiger charge is -2.44. The van der Waals surface area contributed by atoms with Crippen LogP contribution in [-0.4, -0.2) is 64.0 Å². The SMILES string of the molecule is Cc1cccc(C(=O)N2C(C(=O)NCc3ccncc3)COC23CCN(C(=O)c2ccco2)CC3)c1. The van der Waals surface area contributed by atoms with Crippen molar-refractivity contribution in [3.63, 3.8) is 0 Å². The molecule has 3 aromatic rings. The van der Waals surface area contributed by atoms with Gasteiger partial charge in [0.2, 0.25) is 5.91 Å². The smallest absolute Gasteiger partial charge is 0.289 e. The Morgan fingerprint density at radius 2 is 1.83 bits per heavy atom. The first-order valence-electron chi connectivity index (χ1n) is 12.0. The number of benzene rings is 1. The highest BCUT2D eigenvalue weighted by Gasteiger charge is 2.54. The minimum Gasteiger partial charge on any atom is -0.459 e. The summed E-state index contributed by atoms with van der Waals surface area (Å²) in [6.07, 6.45) is 5.59. The van der Waals surface area contributed by atoms with E-state index in [0.29, 0.717) is 38.0 Å². The average molecular weight is 489 g/mol. The number of hydrogen-bond donors (Lipinski definition) is 1. The van der Waals surface area contributed by atoms with Crippen LogP contribution in [0.2, 0.25) is 0 Å². The van der Waals surface area contributed by atoms with Gasteiger partial charge in [0.15, 0.2) is 5.76 Å². The number of amides is 3. The van der Waals surface area contributed by atoms with Crippen molar-refractivity contribution in [3.05, 3.63) is 89.6 Å². The van der Waals surface area contributed by atoms with Gasteiger partial charge in [0, 0.05) is 50.4 Å². The van der Waals surface area contributed by atoms with E-state index in [1.807, 2.05) is 37.3 Å². The summed E-state index contributed by atoms with van der Waals surface area (Å²) >= 11 is 0. The van der Waals surface area contributed by atoms with E-state index in [4.69, 9.17) is 9.15 Å². The van der Waals surface area contributed by atoms with Crippen LogP contribution in [0, 0.1) is 6.92 Å². The third kappa shape index (κ3) is 4.61. The summed E-state index contributed by atoms with van der Waals surface area (Å²) in [6.45, 7) is 3.09. The number of rotatable bonds is 5. The van der Waals surface area contributed by atoms with Crippen LogP contribution in [0.5, 0.6) is 0 Å². The van der Waals surface area contributed by atoms with E-state index in [0.717, 1.165) is 11.1 Å². The van der Waals surface area contributed by atoms with Gasteiger partial charge in [-0.15, -0.1) is 0 Å². The number of carbonyl (C=O) groups excluding carboxylic acids is 3. The molecule has 0 saturated carbocycles. The Kier molecular flexibility index (Phi) is 6.56. The number of nitrogens with zero attached hydrogens (tertiary/aromatic N) is 3. The summed E-state index contributed by atoms with van der Waals surface area (Å²) in [5.74, 6) is -0.458. The molecule has 4 heterocycles. The molecule has 186 valence electrons. The number of hydrogen-bond acceptors (Lipinski definition) is 6. The molecular weight excluding hydrogens is 460 g/mol. The highest BCUT2D eigenvalue weighted by Crippen LogP contribution is 2.39. The van der Waals surface area contributed by atoms with Crippen LogP contribution in [0.1, 0.15) is 44.9 Å².